The zero-order chi connectivity index (χ0) is 4.83. The molecule has 0 aliphatic carbocycles. The minimum atomic E-state index is 0.220. The molecule has 0 fully saturated rings. The first-order valence-electron chi connectivity index (χ1n) is 2.03. The summed E-state index contributed by atoms with van der Waals surface area (Å²) in [5, 5.41) is 0. The molecule has 0 radical (unpaired) electrons. The molecule has 0 amide bonds. The van der Waals surface area contributed by atoms with E-state index < -0.39 is 0 Å². The molecule has 0 bridgehead atoms. The molecule has 0 aromatic heterocycles. The molecule has 0 aliphatic rings. The Morgan fingerprint density at radius 1 is 1.00 bits per heavy atom. The third-order valence-electron chi connectivity index (χ3n) is 0.517. The molecule has 0 heterocycles. The van der Waals surface area contributed by atoms with Crippen molar-refractivity contribution in [2.24, 2.45) is 0 Å². The summed E-state index contributed by atoms with van der Waals surface area (Å²) in [5.41, 5.74) is 0. The quantitative estimate of drug-likeness (QED) is 0.393. The van der Waals surface area contributed by atoms with Gasteiger partial charge in [0.1, 0.15) is 0 Å². The molecule has 0 N–H and O–H groups in total. The van der Waals surface area contributed by atoms with Gasteiger partial charge in [-0.2, -0.15) is 0 Å². The molecule has 0 saturated heterocycles. The van der Waals surface area contributed by atoms with Crippen molar-refractivity contribution in [3.8, 4) is 0 Å². The van der Waals surface area contributed by atoms with E-state index in [9.17, 15) is 0 Å². The van der Waals surface area contributed by atoms with Gasteiger partial charge < -0.3 is 0 Å². The molecule has 0 rings (SSSR count). The molecule has 6 heavy (non-hydrogen) atoms. The summed E-state index contributed by atoms with van der Waals surface area (Å²) in [4.78, 5) is 0. The maximum Gasteiger partial charge on any atom is 0.0982 e. The Balaban J connectivity index is 2.34. The summed E-state index contributed by atoms with van der Waals surface area (Å²) in [7, 11) is 0.440. The fourth-order valence-electron chi connectivity index (χ4n) is 0.189. The Kier molecular flexibility index (Phi) is 7.88. The number of rotatable bonds is 3. The van der Waals surface area contributed by atoms with Crippen molar-refractivity contribution < 1.29 is 0 Å². The van der Waals surface area contributed by atoms with Crippen molar-refractivity contribution in [3.05, 3.63) is 0 Å². The van der Waals surface area contributed by atoms with Crippen LogP contribution in [0.15, 0.2) is 0 Å². The lowest BCUT2D eigenvalue weighted by atomic mass is 11.0. The van der Waals surface area contributed by atoms with Gasteiger partial charge in [0, 0.05) is 0 Å². The Morgan fingerprint density at radius 3 is 1.50 bits per heavy atom. The average Bonchev–Trinajstić information content (AvgIpc) is 1.61. The van der Waals surface area contributed by atoms with Crippen LogP contribution in [0, 0.1) is 0 Å². The van der Waals surface area contributed by atoms with Gasteiger partial charge in [-0.15, -0.1) is 30.6 Å². The van der Waals surface area contributed by atoms with Gasteiger partial charge in [0.15, 0.2) is 0 Å². The molecule has 0 nitrogen and oxygen atoms in total. The standard InChI is InChI=1S/C2H8Br2Si2/c3-5-1-2-6-4/h1-2,5-6H2. The lowest BCUT2D eigenvalue weighted by molar-refractivity contribution is 1.45. The van der Waals surface area contributed by atoms with Crippen molar-refractivity contribution in [2.45, 2.75) is 12.1 Å². The van der Waals surface area contributed by atoms with E-state index in [0.717, 1.165) is 0 Å². The number of halogens is 2. The second kappa shape index (κ2) is 6.39. The second-order valence-corrected chi connectivity index (χ2v) is 8.01. The van der Waals surface area contributed by atoms with Gasteiger partial charge in [-0.3, -0.25) is 0 Å². The van der Waals surface area contributed by atoms with Gasteiger partial charge in [-0.05, 0) is 0 Å². The van der Waals surface area contributed by atoms with E-state index in [2.05, 4.69) is 30.6 Å². The summed E-state index contributed by atoms with van der Waals surface area (Å²) in [5.74, 6) is 0. The van der Waals surface area contributed by atoms with Crippen LogP contribution < -0.4 is 0 Å². The smallest absolute Gasteiger partial charge is 0.0982 e. The number of hydrogen-bond acceptors (Lipinski definition) is 0. The first kappa shape index (κ1) is 7.39. The molecular formula is C2H8Br2Si2. The lowest BCUT2D eigenvalue weighted by Gasteiger charge is -1.81. The zero-order valence-corrected chi connectivity index (χ0v) is 9.58. The van der Waals surface area contributed by atoms with Gasteiger partial charge in [-0.25, -0.2) is 0 Å². The summed E-state index contributed by atoms with van der Waals surface area (Å²) >= 11 is 6.98. The van der Waals surface area contributed by atoms with Gasteiger partial charge in [0.25, 0.3) is 0 Å². The Morgan fingerprint density at radius 2 is 1.33 bits per heavy atom. The van der Waals surface area contributed by atoms with Crippen molar-refractivity contribution in [1.82, 2.24) is 0 Å². The van der Waals surface area contributed by atoms with Crippen LogP contribution in [0.3, 0.4) is 0 Å². The Hall–Kier alpha value is 1.39. The average molecular weight is 248 g/mol. The first-order valence-corrected chi connectivity index (χ1v) is 11.8. The maximum atomic E-state index is 3.49. The van der Waals surface area contributed by atoms with E-state index in [0.29, 0.717) is 0 Å². The van der Waals surface area contributed by atoms with Crippen molar-refractivity contribution in [3.63, 3.8) is 0 Å². The minimum Gasteiger partial charge on any atom is -0.135 e. The molecule has 38 valence electrons. The van der Waals surface area contributed by atoms with Crippen LogP contribution in [0.1, 0.15) is 0 Å². The highest BCUT2D eigenvalue weighted by Crippen LogP contribution is 1.94. The fourth-order valence-corrected chi connectivity index (χ4v) is 8.84. The maximum absolute atomic E-state index is 3.49. The highest BCUT2D eigenvalue weighted by molar-refractivity contribution is 9.23. The highest BCUT2D eigenvalue weighted by Gasteiger charge is 1.80. The van der Waals surface area contributed by atoms with Gasteiger partial charge in [-0.1, -0.05) is 12.1 Å². The SMILES string of the molecule is Br[SiH2]CC[SiH2]Br. The van der Waals surface area contributed by atoms with Crippen LogP contribution in [0.25, 0.3) is 0 Å². The third-order valence-corrected chi connectivity index (χ3v) is 6.42. The Labute approximate surface area is 58.9 Å². The summed E-state index contributed by atoms with van der Waals surface area (Å²) in [6.07, 6.45) is 0. The van der Waals surface area contributed by atoms with E-state index in [4.69, 9.17) is 0 Å². The highest BCUT2D eigenvalue weighted by atomic mass is 79.9. The fraction of sp³-hybridized carbons (Fsp3) is 1.00. The largest absolute Gasteiger partial charge is 0.135 e. The van der Waals surface area contributed by atoms with Crippen LogP contribution in [0.2, 0.25) is 12.1 Å². The van der Waals surface area contributed by atoms with Crippen LogP contribution in [0.4, 0.5) is 0 Å². The van der Waals surface area contributed by atoms with E-state index in [1.807, 2.05) is 0 Å². The van der Waals surface area contributed by atoms with Gasteiger partial charge in [0.05, 0.1) is 16.3 Å². The van der Waals surface area contributed by atoms with E-state index >= 15 is 0 Å². The van der Waals surface area contributed by atoms with Crippen LogP contribution in [-0.2, 0) is 0 Å². The lowest BCUT2D eigenvalue weighted by Crippen LogP contribution is -1.77. The van der Waals surface area contributed by atoms with E-state index in [1.54, 1.807) is 0 Å². The molecule has 0 unspecified atom stereocenters. The van der Waals surface area contributed by atoms with E-state index in [-0.39, 0.29) is 16.3 Å². The molecular weight excluding hydrogens is 240 g/mol. The normalized spacial score (nSPS) is 13.0. The predicted octanol–water partition coefficient (Wildman–Crippen LogP) is 0.780. The van der Waals surface area contributed by atoms with Crippen LogP contribution in [-0.4, -0.2) is 16.3 Å². The molecule has 0 aromatic carbocycles. The summed E-state index contributed by atoms with van der Waals surface area (Å²) in [6.45, 7) is 0. The molecule has 0 spiro atoms. The first-order chi connectivity index (χ1) is 2.91. The van der Waals surface area contributed by atoms with Gasteiger partial charge >= 0.3 is 0 Å². The van der Waals surface area contributed by atoms with E-state index in [1.165, 1.54) is 12.1 Å². The van der Waals surface area contributed by atoms with Crippen molar-refractivity contribution in [1.29, 1.82) is 0 Å². The minimum absolute atomic E-state index is 0.220. The molecule has 0 saturated carbocycles. The summed E-state index contributed by atoms with van der Waals surface area (Å²) in [6, 6.07) is 2.97. The van der Waals surface area contributed by atoms with Crippen LogP contribution >= 0.6 is 30.6 Å². The van der Waals surface area contributed by atoms with Crippen molar-refractivity contribution >= 4 is 46.9 Å². The zero-order valence-electron chi connectivity index (χ0n) is 3.58. The van der Waals surface area contributed by atoms with Crippen molar-refractivity contribution in [2.75, 3.05) is 0 Å². The topological polar surface area (TPSA) is 0 Å². The number of hydrogen-bond donors (Lipinski definition) is 0. The van der Waals surface area contributed by atoms with Gasteiger partial charge in [0.2, 0.25) is 0 Å². The van der Waals surface area contributed by atoms with Crippen LogP contribution in [0.5, 0.6) is 0 Å². The summed E-state index contributed by atoms with van der Waals surface area (Å²) < 4.78 is 0. The third kappa shape index (κ3) is 5.39. The second-order valence-electron chi connectivity index (χ2n) is 1.09. The Bertz CT molecular complexity index is 21.5. The monoisotopic (exact) mass is 246 g/mol. The molecule has 0 aromatic rings. The predicted molar refractivity (Wildman–Crippen MR) is 44.6 cm³/mol. The molecule has 0 atom stereocenters. The molecule has 4 heteroatoms. The molecule has 0 aliphatic heterocycles.